The number of nitrogen functional groups attached to an aromatic ring is 1. The van der Waals surface area contributed by atoms with Crippen LogP contribution >= 0.6 is 11.3 Å². The van der Waals surface area contributed by atoms with E-state index in [4.69, 9.17) is 15.3 Å². The van der Waals surface area contributed by atoms with Gasteiger partial charge in [-0.3, -0.25) is 0 Å². The van der Waals surface area contributed by atoms with Gasteiger partial charge in [-0.25, -0.2) is 15.8 Å². The van der Waals surface area contributed by atoms with E-state index in [-0.39, 0.29) is 6.79 Å². The summed E-state index contributed by atoms with van der Waals surface area (Å²) in [5.41, 5.74) is 2.62. The van der Waals surface area contributed by atoms with Gasteiger partial charge in [0.15, 0.2) is 5.82 Å². The molecule has 2 heterocycles. The first kappa shape index (κ1) is 13.2. The van der Waals surface area contributed by atoms with Gasteiger partial charge in [0.25, 0.3) is 0 Å². The molecule has 2 aromatic rings. The summed E-state index contributed by atoms with van der Waals surface area (Å²) in [6, 6.07) is 1.99. The van der Waals surface area contributed by atoms with Crippen molar-refractivity contribution in [2.75, 3.05) is 19.3 Å². The molecule has 0 unspecified atom stereocenters. The molecular formula is C11H16N4O2S. The number of fused-ring (bicyclic) bond motifs is 1. The summed E-state index contributed by atoms with van der Waals surface area (Å²) >= 11 is 1.58. The van der Waals surface area contributed by atoms with Crippen LogP contribution in [0.5, 0.6) is 0 Å². The molecule has 0 aromatic carbocycles. The van der Waals surface area contributed by atoms with E-state index in [2.05, 4.69) is 15.4 Å². The fraction of sp³-hybridized carbons (Fsp3) is 0.455. The third-order valence-corrected chi connectivity index (χ3v) is 3.39. The summed E-state index contributed by atoms with van der Waals surface area (Å²) in [7, 11) is 1.60. The van der Waals surface area contributed by atoms with Crippen LogP contribution in [0.3, 0.4) is 0 Å². The number of nitrogens with two attached hydrogens (primary N) is 1. The van der Waals surface area contributed by atoms with Gasteiger partial charge in [-0.05, 0) is 6.07 Å². The van der Waals surface area contributed by atoms with E-state index in [1.165, 1.54) is 0 Å². The number of ether oxygens (including phenoxy) is 2. The molecule has 3 N–H and O–H groups in total. The van der Waals surface area contributed by atoms with Gasteiger partial charge < -0.3 is 14.9 Å². The van der Waals surface area contributed by atoms with E-state index in [1.807, 2.05) is 13.0 Å². The van der Waals surface area contributed by atoms with Crippen molar-refractivity contribution in [1.82, 2.24) is 9.97 Å². The lowest BCUT2D eigenvalue weighted by molar-refractivity contribution is -0.0381. The fourth-order valence-electron chi connectivity index (χ4n) is 1.58. The molecule has 0 atom stereocenters. The van der Waals surface area contributed by atoms with Crippen LogP contribution < -0.4 is 11.3 Å². The van der Waals surface area contributed by atoms with Crippen molar-refractivity contribution in [1.29, 1.82) is 0 Å². The maximum Gasteiger partial charge on any atom is 0.152 e. The molecule has 98 valence electrons. The molecule has 6 nitrogen and oxygen atoms in total. The third kappa shape index (κ3) is 2.75. The van der Waals surface area contributed by atoms with E-state index in [1.54, 1.807) is 18.4 Å². The zero-order valence-corrected chi connectivity index (χ0v) is 11.2. The number of hydrazine groups is 1. The normalized spacial score (nSPS) is 11.1. The number of hydrogen-bond acceptors (Lipinski definition) is 7. The second kappa shape index (κ2) is 6.05. The number of thiophene rings is 1. The Hall–Kier alpha value is -1.28. The van der Waals surface area contributed by atoms with E-state index < -0.39 is 0 Å². The molecule has 0 bridgehead atoms. The molecule has 0 aliphatic heterocycles. The first-order valence-electron chi connectivity index (χ1n) is 5.61. The van der Waals surface area contributed by atoms with Crippen LogP contribution in [-0.2, 0) is 22.5 Å². The quantitative estimate of drug-likeness (QED) is 0.359. The lowest BCUT2D eigenvalue weighted by Gasteiger charge is -2.02. The summed E-state index contributed by atoms with van der Waals surface area (Å²) in [4.78, 5) is 10.8. The molecular weight excluding hydrogens is 252 g/mol. The van der Waals surface area contributed by atoms with E-state index in [9.17, 15) is 0 Å². The van der Waals surface area contributed by atoms with E-state index >= 15 is 0 Å². The summed E-state index contributed by atoms with van der Waals surface area (Å²) in [5.74, 6) is 6.92. The number of anilines is 1. The van der Waals surface area contributed by atoms with Crippen LogP contribution in [0.4, 0.5) is 5.82 Å². The van der Waals surface area contributed by atoms with Gasteiger partial charge >= 0.3 is 0 Å². The van der Waals surface area contributed by atoms with Gasteiger partial charge in [0, 0.05) is 18.4 Å². The van der Waals surface area contributed by atoms with Crippen LogP contribution in [-0.4, -0.2) is 23.9 Å². The van der Waals surface area contributed by atoms with Crippen molar-refractivity contribution in [3.63, 3.8) is 0 Å². The Morgan fingerprint density at radius 1 is 1.44 bits per heavy atom. The third-order valence-electron chi connectivity index (χ3n) is 2.39. The van der Waals surface area contributed by atoms with Gasteiger partial charge in [-0.2, -0.15) is 0 Å². The highest BCUT2D eigenvalue weighted by Gasteiger charge is 2.10. The molecule has 2 rings (SSSR count). The number of nitrogens with zero attached hydrogens (tertiary/aromatic N) is 2. The summed E-state index contributed by atoms with van der Waals surface area (Å²) < 4.78 is 10.2. The number of nitrogens with one attached hydrogen (secondary N) is 1. The fourth-order valence-corrected chi connectivity index (χ4v) is 2.56. The number of rotatable bonds is 6. The van der Waals surface area contributed by atoms with Crippen LogP contribution in [0.25, 0.3) is 10.2 Å². The Kier molecular flexibility index (Phi) is 4.43. The smallest absolute Gasteiger partial charge is 0.152 e. The molecule has 0 amide bonds. The van der Waals surface area contributed by atoms with Crippen LogP contribution in [0.2, 0.25) is 0 Å². The van der Waals surface area contributed by atoms with Gasteiger partial charge in [0.05, 0.1) is 12.0 Å². The summed E-state index contributed by atoms with van der Waals surface area (Å²) in [6.07, 6.45) is 0.776. The first-order valence-corrected chi connectivity index (χ1v) is 6.42. The number of methoxy groups -OCH3 is 1. The van der Waals surface area contributed by atoms with Crippen molar-refractivity contribution in [2.24, 2.45) is 5.84 Å². The Balaban J connectivity index is 2.31. The second-order valence-electron chi connectivity index (χ2n) is 3.67. The van der Waals surface area contributed by atoms with Gasteiger partial charge in [0.1, 0.15) is 17.4 Å². The largest absolute Gasteiger partial charge is 0.359 e. The highest BCUT2D eigenvalue weighted by atomic mass is 32.1. The predicted molar refractivity (Wildman–Crippen MR) is 71.3 cm³/mol. The van der Waals surface area contributed by atoms with E-state index in [0.29, 0.717) is 12.4 Å². The van der Waals surface area contributed by atoms with Gasteiger partial charge in [-0.1, -0.05) is 6.92 Å². The first-order chi connectivity index (χ1) is 8.78. The van der Waals surface area contributed by atoms with E-state index in [0.717, 1.165) is 27.3 Å². The maximum atomic E-state index is 5.48. The molecule has 7 heteroatoms. The zero-order valence-electron chi connectivity index (χ0n) is 10.4. The summed E-state index contributed by atoms with van der Waals surface area (Å²) in [5, 5.41) is 0.927. The molecule has 18 heavy (non-hydrogen) atoms. The maximum absolute atomic E-state index is 5.48. The number of hydrogen-bond donors (Lipinski definition) is 2. The lowest BCUT2D eigenvalue weighted by atomic mass is 10.3. The van der Waals surface area contributed by atoms with Crippen molar-refractivity contribution in [2.45, 2.75) is 20.0 Å². The van der Waals surface area contributed by atoms with Gasteiger partial charge in [-0.15, -0.1) is 11.3 Å². The van der Waals surface area contributed by atoms with Crippen molar-refractivity contribution in [3.05, 3.63) is 16.8 Å². The second-order valence-corrected chi connectivity index (χ2v) is 4.79. The molecule has 2 aromatic heterocycles. The molecule has 0 spiro atoms. The Morgan fingerprint density at radius 3 is 2.94 bits per heavy atom. The number of aryl methyl sites for hydroxylation is 1. The van der Waals surface area contributed by atoms with Crippen molar-refractivity contribution in [3.8, 4) is 0 Å². The molecule has 0 radical (unpaired) electrons. The average Bonchev–Trinajstić information content (AvgIpc) is 2.80. The van der Waals surface area contributed by atoms with Crippen LogP contribution in [0, 0.1) is 0 Å². The van der Waals surface area contributed by atoms with Crippen molar-refractivity contribution < 1.29 is 9.47 Å². The molecule has 0 fully saturated rings. The monoisotopic (exact) mass is 268 g/mol. The highest BCUT2D eigenvalue weighted by Crippen LogP contribution is 2.29. The lowest BCUT2D eigenvalue weighted by Crippen LogP contribution is -2.10. The predicted octanol–water partition coefficient (Wildman–Crippen LogP) is 1.66. The SMILES string of the molecule is CCc1nc(NN)c2cc(COCOC)sc2n1. The number of aromatic nitrogens is 2. The van der Waals surface area contributed by atoms with Crippen molar-refractivity contribution >= 4 is 27.4 Å². The van der Waals surface area contributed by atoms with Gasteiger partial charge in [0.2, 0.25) is 0 Å². The molecule has 0 aliphatic carbocycles. The minimum atomic E-state index is 0.280. The summed E-state index contributed by atoms with van der Waals surface area (Å²) in [6.45, 7) is 2.79. The standard InChI is InChI=1S/C11H16N4O2S/c1-3-9-13-10(15-12)8-4-7(5-17-6-16-2)18-11(8)14-9/h4H,3,5-6,12H2,1-2H3,(H,13,14,15). The van der Waals surface area contributed by atoms with Crippen LogP contribution in [0.1, 0.15) is 17.6 Å². The Labute approximate surface area is 109 Å². The molecule has 0 saturated heterocycles. The minimum Gasteiger partial charge on any atom is -0.359 e. The highest BCUT2D eigenvalue weighted by molar-refractivity contribution is 7.18. The Morgan fingerprint density at radius 2 is 2.28 bits per heavy atom. The molecule has 0 saturated carbocycles. The average molecular weight is 268 g/mol. The minimum absolute atomic E-state index is 0.280. The Bertz CT molecular complexity index is 529. The van der Waals surface area contributed by atoms with Crippen LogP contribution in [0.15, 0.2) is 6.07 Å². The topological polar surface area (TPSA) is 82.3 Å². The zero-order chi connectivity index (χ0) is 13.0. The molecule has 0 aliphatic rings.